The summed E-state index contributed by atoms with van der Waals surface area (Å²) in [5.74, 6) is 0.372. The number of nitrogens with two attached hydrogens (primary N) is 1. The Morgan fingerprint density at radius 1 is 1.53 bits per heavy atom. The average molecular weight is 346 g/mol. The van der Waals surface area contributed by atoms with Crippen LogP contribution < -0.4 is 5.73 Å². The van der Waals surface area contributed by atoms with E-state index in [9.17, 15) is 4.79 Å². The fourth-order valence-corrected chi connectivity index (χ4v) is 3.36. The molecule has 0 saturated heterocycles. The molecule has 2 rings (SSSR count). The van der Waals surface area contributed by atoms with Crippen molar-refractivity contribution in [1.82, 2.24) is 4.90 Å². The van der Waals surface area contributed by atoms with Gasteiger partial charge in [-0.15, -0.1) is 0 Å². The van der Waals surface area contributed by atoms with Crippen LogP contribution in [0.2, 0.25) is 5.02 Å². The number of halogens is 2. The van der Waals surface area contributed by atoms with Crippen molar-refractivity contribution in [2.45, 2.75) is 25.3 Å². The minimum absolute atomic E-state index is 0.0309. The maximum atomic E-state index is 12.5. The van der Waals surface area contributed by atoms with E-state index < -0.39 is 0 Å². The molecular formula is C14H18BrClN2O. The maximum absolute atomic E-state index is 12.5. The lowest BCUT2D eigenvalue weighted by Gasteiger charge is -2.29. The Morgan fingerprint density at radius 3 is 2.95 bits per heavy atom. The standard InChI is InChI=1S/C14H18BrClN2O/c1-18(13-4-2-3-9(13)8-17)14(19)11-7-10(15)5-6-12(11)16/h5-7,9,13H,2-4,8,17H2,1H3. The molecule has 0 radical (unpaired) electrons. The molecule has 3 nitrogen and oxygen atoms in total. The third-order valence-corrected chi connectivity index (χ3v) is 4.72. The van der Waals surface area contributed by atoms with E-state index in [-0.39, 0.29) is 11.9 Å². The van der Waals surface area contributed by atoms with Gasteiger partial charge in [-0.05, 0) is 43.5 Å². The summed E-state index contributed by atoms with van der Waals surface area (Å²) in [4.78, 5) is 14.3. The number of nitrogens with zero attached hydrogens (tertiary/aromatic N) is 1. The average Bonchev–Trinajstić information content (AvgIpc) is 2.88. The molecule has 0 aliphatic heterocycles. The topological polar surface area (TPSA) is 46.3 Å². The normalized spacial score (nSPS) is 22.5. The molecule has 1 saturated carbocycles. The molecule has 1 aliphatic rings. The zero-order valence-corrected chi connectivity index (χ0v) is 13.2. The molecule has 0 heterocycles. The molecule has 1 aromatic carbocycles. The van der Waals surface area contributed by atoms with Crippen LogP contribution in [0.15, 0.2) is 22.7 Å². The molecule has 0 aromatic heterocycles. The Kier molecular flexibility index (Phi) is 4.87. The van der Waals surface area contributed by atoms with Gasteiger partial charge in [-0.3, -0.25) is 4.79 Å². The van der Waals surface area contributed by atoms with E-state index in [1.54, 1.807) is 17.0 Å². The van der Waals surface area contributed by atoms with Crippen molar-refractivity contribution in [2.24, 2.45) is 11.7 Å². The summed E-state index contributed by atoms with van der Waals surface area (Å²) in [5, 5.41) is 0.488. The third kappa shape index (κ3) is 3.12. The van der Waals surface area contributed by atoms with Gasteiger partial charge in [0.1, 0.15) is 0 Å². The largest absolute Gasteiger partial charge is 0.338 e. The van der Waals surface area contributed by atoms with Gasteiger partial charge in [0.05, 0.1) is 10.6 Å². The zero-order valence-electron chi connectivity index (χ0n) is 10.9. The molecule has 1 aromatic rings. The molecule has 0 bridgehead atoms. The van der Waals surface area contributed by atoms with Crippen LogP contribution in [0.25, 0.3) is 0 Å². The SMILES string of the molecule is CN(C(=O)c1cc(Br)ccc1Cl)C1CCCC1CN. The molecule has 1 fully saturated rings. The van der Waals surface area contributed by atoms with Gasteiger partial charge >= 0.3 is 0 Å². The lowest BCUT2D eigenvalue weighted by Crippen LogP contribution is -2.41. The molecule has 2 unspecified atom stereocenters. The predicted molar refractivity (Wildman–Crippen MR) is 81.4 cm³/mol. The maximum Gasteiger partial charge on any atom is 0.255 e. The molecule has 1 amide bonds. The lowest BCUT2D eigenvalue weighted by molar-refractivity contribution is 0.0700. The van der Waals surface area contributed by atoms with E-state index >= 15 is 0 Å². The van der Waals surface area contributed by atoms with Crippen molar-refractivity contribution >= 4 is 33.4 Å². The van der Waals surface area contributed by atoms with Crippen molar-refractivity contribution in [3.05, 3.63) is 33.3 Å². The van der Waals surface area contributed by atoms with Gasteiger partial charge in [-0.2, -0.15) is 0 Å². The summed E-state index contributed by atoms with van der Waals surface area (Å²) >= 11 is 9.49. The van der Waals surface area contributed by atoms with Crippen LogP contribution in [0.5, 0.6) is 0 Å². The van der Waals surface area contributed by atoms with Crippen LogP contribution >= 0.6 is 27.5 Å². The van der Waals surface area contributed by atoms with Crippen molar-refractivity contribution in [1.29, 1.82) is 0 Å². The minimum atomic E-state index is -0.0309. The summed E-state index contributed by atoms with van der Waals surface area (Å²) in [6.45, 7) is 0.633. The second-order valence-electron chi connectivity index (χ2n) is 5.03. The van der Waals surface area contributed by atoms with Gasteiger partial charge in [0.2, 0.25) is 0 Å². The smallest absolute Gasteiger partial charge is 0.255 e. The third-order valence-electron chi connectivity index (χ3n) is 3.90. The Balaban J connectivity index is 2.21. The van der Waals surface area contributed by atoms with Crippen molar-refractivity contribution < 1.29 is 4.79 Å². The van der Waals surface area contributed by atoms with Gasteiger partial charge < -0.3 is 10.6 Å². The first-order chi connectivity index (χ1) is 9.04. The fraction of sp³-hybridized carbons (Fsp3) is 0.500. The van der Waals surface area contributed by atoms with Crippen LogP contribution in [-0.4, -0.2) is 30.4 Å². The van der Waals surface area contributed by atoms with Gasteiger partial charge in [0.15, 0.2) is 0 Å². The van der Waals surface area contributed by atoms with E-state index in [0.717, 1.165) is 23.7 Å². The number of carbonyl (C=O) groups excluding carboxylic acids is 1. The Bertz CT molecular complexity index is 481. The molecule has 0 spiro atoms. The van der Waals surface area contributed by atoms with Gasteiger partial charge in [-0.25, -0.2) is 0 Å². The van der Waals surface area contributed by atoms with Crippen LogP contribution in [0.3, 0.4) is 0 Å². The number of amides is 1. The number of benzene rings is 1. The number of carbonyl (C=O) groups is 1. The second kappa shape index (κ2) is 6.25. The Hall–Kier alpha value is -0.580. The van der Waals surface area contributed by atoms with E-state index in [1.165, 1.54) is 0 Å². The zero-order chi connectivity index (χ0) is 14.0. The minimum Gasteiger partial charge on any atom is -0.338 e. The van der Waals surface area contributed by atoms with Crippen molar-refractivity contribution in [3.63, 3.8) is 0 Å². The summed E-state index contributed by atoms with van der Waals surface area (Å²) < 4.78 is 0.857. The molecule has 1 aliphatic carbocycles. The summed E-state index contributed by atoms with van der Waals surface area (Å²) in [5.41, 5.74) is 6.33. The van der Waals surface area contributed by atoms with Crippen LogP contribution in [0.4, 0.5) is 0 Å². The first-order valence-electron chi connectivity index (χ1n) is 6.47. The number of hydrogen-bond donors (Lipinski definition) is 1. The molecule has 2 atom stereocenters. The summed E-state index contributed by atoms with van der Waals surface area (Å²) in [7, 11) is 1.85. The second-order valence-corrected chi connectivity index (χ2v) is 6.36. The number of hydrogen-bond acceptors (Lipinski definition) is 2. The molecule has 5 heteroatoms. The lowest BCUT2D eigenvalue weighted by atomic mass is 10.0. The fourth-order valence-electron chi connectivity index (χ4n) is 2.80. The van der Waals surface area contributed by atoms with E-state index in [1.807, 2.05) is 13.1 Å². The highest BCUT2D eigenvalue weighted by Gasteiger charge is 2.32. The van der Waals surface area contributed by atoms with Gasteiger partial charge in [0.25, 0.3) is 5.91 Å². The van der Waals surface area contributed by atoms with Crippen LogP contribution in [-0.2, 0) is 0 Å². The molecular weight excluding hydrogens is 328 g/mol. The monoisotopic (exact) mass is 344 g/mol. The van der Waals surface area contributed by atoms with Crippen LogP contribution in [0, 0.1) is 5.92 Å². The first kappa shape index (κ1) is 14.8. The van der Waals surface area contributed by atoms with Crippen molar-refractivity contribution in [2.75, 3.05) is 13.6 Å². The molecule has 2 N–H and O–H groups in total. The van der Waals surface area contributed by atoms with Crippen LogP contribution in [0.1, 0.15) is 29.6 Å². The van der Waals surface area contributed by atoms with Gasteiger partial charge in [0, 0.05) is 17.6 Å². The summed E-state index contributed by atoms with van der Waals surface area (Å²) in [6.07, 6.45) is 3.26. The molecule has 19 heavy (non-hydrogen) atoms. The quantitative estimate of drug-likeness (QED) is 0.913. The highest BCUT2D eigenvalue weighted by Crippen LogP contribution is 2.30. The Labute approximate surface area is 127 Å². The summed E-state index contributed by atoms with van der Waals surface area (Å²) in [6, 6.07) is 5.57. The van der Waals surface area contributed by atoms with E-state index in [4.69, 9.17) is 17.3 Å². The highest BCUT2D eigenvalue weighted by molar-refractivity contribution is 9.10. The first-order valence-corrected chi connectivity index (χ1v) is 7.64. The number of rotatable bonds is 3. The van der Waals surface area contributed by atoms with E-state index in [2.05, 4.69) is 15.9 Å². The van der Waals surface area contributed by atoms with Gasteiger partial charge in [-0.1, -0.05) is 34.0 Å². The van der Waals surface area contributed by atoms with Crippen molar-refractivity contribution in [3.8, 4) is 0 Å². The Morgan fingerprint density at radius 2 is 2.26 bits per heavy atom. The predicted octanol–water partition coefficient (Wildman–Crippen LogP) is 3.30. The molecule has 104 valence electrons. The highest BCUT2D eigenvalue weighted by atomic mass is 79.9. The van der Waals surface area contributed by atoms with E-state index in [0.29, 0.717) is 23.0 Å².